The van der Waals surface area contributed by atoms with Gasteiger partial charge in [0.15, 0.2) is 0 Å². The summed E-state index contributed by atoms with van der Waals surface area (Å²) in [6.45, 7) is 2.11. The molecule has 0 aliphatic carbocycles. The molecule has 0 aliphatic heterocycles. The summed E-state index contributed by atoms with van der Waals surface area (Å²) in [6.07, 6.45) is 0.349. The Kier molecular flexibility index (Phi) is 8.53. The first kappa shape index (κ1) is 21.3. The predicted molar refractivity (Wildman–Crippen MR) is 124 cm³/mol. The molecule has 0 saturated heterocycles. The van der Waals surface area contributed by atoms with E-state index in [2.05, 4.69) is 36.5 Å². The number of amides is 1. The summed E-state index contributed by atoms with van der Waals surface area (Å²) in [7, 11) is 0. The maximum atomic E-state index is 12.4. The minimum Gasteiger partial charge on any atom is -0.444 e. The van der Waals surface area contributed by atoms with Crippen LogP contribution >= 0.6 is 23.5 Å². The molecule has 0 fully saturated rings. The van der Waals surface area contributed by atoms with Gasteiger partial charge in [0.25, 0.3) is 0 Å². The van der Waals surface area contributed by atoms with Gasteiger partial charge in [-0.05, 0) is 48.4 Å². The van der Waals surface area contributed by atoms with E-state index in [-0.39, 0.29) is 6.10 Å². The Labute approximate surface area is 181 Å². The van der Waals surface area contributed by atoms with E-state index in [4.69, 9.17) is 4.74 Å². The molecule has 3 aromatic carbocycles. The largest absolute Gasteiger partial charge is 0.444 e. The second kappa shape index (κ2) is 11.6. The fourth-order valence-corrected chi connectivity index (χ4v) is 4.63. The van der Waals surface area contributed by atoms with E-state index in [1.807, 2.05) is 60.7 Å². The highest BCUT2D eigenvalue weighted by Crippen LogP contribution is 2.24. The van der Waals surface area contributed by atoms with Crippen molar-refractivity contribution in [3.63, 3.8) is 0 Å². The number of carbonyl (C=O) groups is 1. The third kappa shape index (κ3) is 7.52. The number of rotatable bonds is 9. The summed E-state index contributed by atoms with van der Waals surface area (Å²) in [4.78, 5) is 14.8. The highest BCUT2D eigenvalue weighted by molar-refractivity contribution is 8.00. The van der Waals surface area contributed by atoms with Gasteiger partial charge in [-0.25, -0.2) is 4.79 Å². The maximum absolute atomic E-state index is 12.4. The zero-order chi connectivity index (χ0) is 20.3. The molecule has 1 N–H and O–H groups in total. The second-order valence-electron chi connectivity index (χ2n) is 6.45. The van der Waals surface area contributed by atoms with Gasteiger partial charge in [-0.2, -0.15) is 0 Å². The number of thioether (sulfide) groups is 2. The SMILES string of the molecule is CCc1ccc(NC(=O)OC(CSc2ccccc2)CSc2ccccc2)cc1. The summed E-state index contributed by atoms with van der Waals surface area (Å²) in [5.41, 5.74) is 1.98. The molecule has 0 unspecified atom stereocenters. The molecule has 0 atom stereocenters. The number of hydrogen-bond donors (Lipinski definition) is 1. The topological polar surface area (TPSA) is 38.3 Å². The molecule has 0 radical (unpaired) electrons. The Morgan fingerprint density at radius 1 is 0.828 bits per heavy atom. The van der Waals surface area contributed by atoms with Gasteiger partial charge in [-0.15, -0.1) is 23.5 Å². The van der Waals surface area contributed by atoms with E-state index in [1.165, 1.54) is 15.4 Å². The van der Waals surface area contributed by atoms with Crippen LogP contribution in [0.5, 0.6) is 0 Å². The van der Waals surface area contributed by atoms with Gasteiger partial charge in [0, 0.05) is 27.0 Å². The Balaban J connectivity index is 1.58. The first-order valence-corrected chi connectivity index (χ1v) is 11.6. The van der Waals surface area contributed by atoms with Gasteiger partial charge in [0.2, 0.25) is 0 Å². The van der Waals surface area contributed by atoms with Gasteiger partial charge in [-0.3, -0.25) is 5.32 Å². The Morgan fingerprint density at radius 3 is 1.83 bits per heavy atom. The quantitative estimate of drug-likeness (QED) is 0.386. The Bertz CT molecular complexity index is 827. The van der Waals surface area contributed by atoms with Crippen molar-refractivity contribution in [3.8, 4) is 0 Å². The number of carbonyl (C=O) groups excluding carboxylic acids is 1. The lowest BCUT2D eigenvalue weighted by Crippen LogP contribution is -2.26. The molecule has 0 bridgehead atoms. The van der Waals surface area contributed by atoms with Gasteiger partial charge in [0.1, 0.15) is 6.10 Å². The van der Waals surface area contributed by atoms with Crippen LogP contribution in [0.15, 0.2) is 94.7 Å². The molecule has 0 spiro atoms. The van der Waals surface area contributed by atoms with E-state index in [0.29, 0.717) is 11.5 Å². The van der Waals surface area contributed by atoms with Crippen LogP contribution in [-0.2, 0) is 11.2 Å². The molecular formula is C24H25NO2S2. The second-order valence-corrected chi connectivity index (χ2v) is 8.64. The number of nitrogens with one attached hydrogen (secondary N) is 1. The molecule has 1 amide bonds. The fourth-order valence-electron chi connectivity index (χ4n) is 2.65. The smallest absolute Gasteiger partial charge is 0.411 e. The lowest BCUT2D eigenvalue weighted by Gasteiger charge is -2.18. The lowest BCUT2D eigenvalue weighted by atomic mass is 10.1. The summed E-state index contributed by atoms with van der Waals surface area (Å²) in [5, 5.41) is 2.84. The normalized spacial score (nSPS) is 10.7. The molecule has 0 aliphatic rings. The predicted octanol–water partition coefficient (Wildman–Crippen LogP) is 6.75. The Morgan fingerprint density at radius 2 is 1.34 bits per heavy atom. The molecule has 3 nitrogen and oxygen atoms in total. The van der Waals surface area contributed by atoms with Crippen LogP contribution in [0.2, 0.25) is 0 Å². The standard InChI is InChI=1S/C24H25NO2S2/c1-2-19-13-15-20(16-14-19)25-24(26)27-21(17-28-22-9-5-3-6-10-22)18-29-23-11-7-4-8-12-23/h3-16,21H,2,17-18H2,1H3,(H,25,26). The maximum Gasteiger partial charge on any atom is 0.411 e. The molecule has 5 heteroatoms. The third-order valence-corrected chi connectivity index (χ3v) is 6.53. The average molecular weight is 424 g/mol. The van der Waals surface area contributed by atoms with Crippen LogP contribution in [-0.4, -0.2) is 23.7 Å². The monoisotopic (exact) mass is 423 g/mol. The van der Waals surface area contributed by atoms with E-state index in [9.17, 15) is 4.79 Å². The molecule has 150 valence electrons. The molecule has 0 saturated carbocycles. The van der Waals surface area contributed by atoms with Crippen molar-refractivity contribution in [2.75, 3.05) is 16.8 Å². The number of aryl methyl sites for hydroxylation is 1. The summed E-state index contributed by atoms with van der Waals surface area (Å²) in [6, 6.07) is 28.2. The molecule has 3 aromatic rings. The Hall–Kier alpha value is -2.37. The first-order valence-electron chi connectivity index (χ1n) is 9.65. The van der Waals surface area contributed by atoms with E-state index >= 15 is 0 Å². The fraction of sp³-hybridized carbons (Fsp3) is 0.208. The van der Waals surface area contributed by atoms with Crippen molar-refractivity contribution in [2.24, 2.45) is 0 Å². The zero-order valence-corrected chi connectivity index (χ0v) is 18.0. The highest BCUT2D eigenvalue weighted by Gasteiger charge is 2.16. The van der Waals surface area contributed by atoms with Crippen molar-refractivity contribution < 1.29 is 9.53 Å². The highest BCUT2D eigenvalue weighted by atomic mass is 32.2. The van der Waals surface area contributed by atoms with Crippen LogP contribution in [0.4, 0.5) is 10.5 Å². The number of ether oxygens (including phenoxy) is 1. The minimum atomic E-state index is -0.415. The van der Waals surface area contributed by atoms with Gasteiger partial charge < -0.3 is 4.74 Å². The van der Waals surface area contributed by atoms with Crippen LogP contribution in [0.1, 0.15) is 12.5 Å². The van der Waals surface area contributed by atoms with Crippen molar-refractivity contribution in [3.05, 3.63) is 90.5 Å². The molecule has 0 heterocycles. The molecule has 0 aromatic heterocycles. The summed E-state index contributed by atoms with van der Waals surface area (Å²) < 4.78 is 5.76. The van der Waals surface area contributed by atoms with Crippen LogP contribution in [0.25, 0.3) is 0 Å². The van der Waals surface area contributed by atoms with Crippen molar-refractivity contribution in [2.45, 2.75) is 29.2 Å². The van der Waals surface area contributed by atoms with E-state index in [0.717, 1.165) is 12.1 Å². The van der Waals surface area contributed by atoms with Crippen molar-refractivity contribution in [1.82, 2.24) is 0 Å². The zero-order valence-electron chi connectivity index (χ0n) is 16.4. The summed E-state index contributed by atoms with van der Waals surface area (Å²) in [5.74, 6) is 1.40. The average Bonchev–Trinajstić information content (AvgIpc) is 2.77. The molecular weight excluding hydrogens is 398 g/mol. The van der Waals surface area contributed by atoms with E-state index in [1.54, 1.807) is 23.5 Å². The third-order valence-electron chi connectivity index (χ3n) is 4.24. The van der Waals surface area contributed by atoms with Gasteiger partial charge >= 0.3 is 6.09 Å². The van der Waals surface area contributed by atoms with Gasteiger partial charge in [-0.1, -0.05) is 55.5 Å². The van der Waals surface area contributed by atoms with Gasteiger partial charge in [0.05, 0.1) is 0 Å². The van der Waals surface area contributed by atoms with Crippen molar-refractivity contribution in [1.29, 1.82) is 0 Å². The van der Waals surface area contributed by atoms with Crippen LogP contribution in [0, 0.1) is 0 Å². The number of benzene rings is 3. The number of hydrogen-bond acceptors (Lipinski definition) is 4. The number of anilines is 1. The molecule has 3 rings (SSSR count). The van der Waals surface area contributed by atoms with E-state index < -0.39 is 6.09 Å². The molecule has 29 heavy (non-hydrogen) atoms. The lowest BCUT2D eigenvalue weighted by molar-refractivity contribution is 0.134. The first-order chi connectivity index (χ1) is 14.2. The minimum absolute atomic E-state index is 0.208. The van der Waals surface area contributed by atoms with Crippen molar-refractivity contribution >= 4 is 35.3 Å². The summed E-state index contributed by atoms with van der Waals surface area (Å²) >= 11 is 3.40. The van der Waals surface area contributed by atoms with Crippen LogP contribution < -0.4 is 5.32 Å². The van der Waals surface area contributed by atoms with Crippen LogP contribution in [0.3, 0.4) is 0 Å².